The largest absolute Gasteiger partial charge is 0.459 e. The normalized spacial score (nSPS) is 12.9. The maximum Gasteiger partial charge on any atom is 0.325 e. The third-order valence-corrected chi connectivity index (χ3v) is 7.14. The van der Waals surface area contributed by atoms with Gasteiger partial charge in [0.2, 0.25) is 5.91 Å². The molecule has 9 heteroatoms. The number of allylic oxidation sites excluding steroid dienone is 2. The molecule has 0 spiro atoms. The van der Waals surface area contributed by atoms with Gasteiger partial charge in [0, 0.05) is 19.3 Å². The van der Waals surface area contributed by atoms with Crippen molar-refractivity contribution in [1.29, 1.82) is 0 Å². The molecule has 0 atom stereocenters. The minimum absolute atomic E-state index is 0.0484. The zero-order chi connectivity index (χ0) is 30.1. The number of hydrogen-bond donors (Lipinski definition) is 1. The maximum atomic E-state index is 11.7. The van der Waals surface area contributed by atoms with Crippen LogP contribution >= 0.6 is 0 Å². The molecule has 1 fully saturated rings. The molecule has 1 N–H and O–H groups in total. The number of nitrogens with one attached hydrogen (secondary N) is 1. The van der Waals surface area contributed by atoms with Crippen molar-refractivity contribution in [3.8, 4) is 0 Å². The number of esters is 1. The number of benzene rings is 1. The van der Waals surface area contributed by atoms with E-state index in [1.165, 1.54) is 57.8 Å². The lowest BCUT2D eigenvalue weighted by atomic mass is 9.98. The summed E-state index contributed by atoms with van der Waals surface area (Å²) in [5.74, 6) is 0.612. The molecule has 1 saturated carbocycles. The summed E-state index contributed by atoms with van der Waals surface area (Å²) in [5.41, 5.74) is 1.16. The van der Waals surface area contributed by atoms with Crippen LogP contribution in [-0.2, 0) is 37.2 Å². The van der Waals surface area contributed by atoms with E-state index >= 15 is 0 Å². The fraction of sp³-hybridized carbons (Fsp3) is 0.656. The van der Waals surface area contributed by atoms with Crippen molar-refractivity contribution >= 4 is 17.7 Å². The molecule has 1 aromatic carbocycles. The molecular formula is C32H50N2O7. The van der Waals surface area contributed by atoms with Crippen LogP contribution in [0.5, 0.6) is 0 Å². The Balaban J connectivity index is 0.000000452. The molecule has 2 rings (SSSR count). The lowest BCUT2D eigenvalue weighted by Gasteiger charge is -2.10. The summed E-state index contributed by atoms with van der Waals surface area (Å²) in [6.45, 7) is 3.66. The molecule has 0 radical (unpaired) electrons. The van der Waals surface area contributed by atoms with E-state index in [4.69, 9.17) is 4.74 Å². The Morgan fingerprint density at radius 3 is 2.32 bits per heavy atom. The Morgan fingerprint density at radius 2 is 1.66 bits per heavy atom. The lowest BCUT2D eigenvalue weighted by molar-refractivity contribution is -0.763. The quantitative estimate of drug-likeness (QED) is 0.0574. The van der Waals surface area contributed by atoms with E-state index in [1.54, 1.807) is 24.3 Å². The summed E-state index contributed by atoms with van der Waals surface area (Å²) in [4.78, 5) is 49.5. The van der Waals surface area contributed by atoms with Crippen molar-refractivity contribution < 1.29 is 29.0 Å². The second-order valence-electron chi connectivity index (χ2n) is 10.6. The maximum absolute atomic E-state index is 11.7. The number of ketones is 1. The summed E-state index contributed by atoms with van der Waals surface area (Å²) in [7, 11) is 0. The van der Waals surface area contributed by atoms with Crippen LogP contribution in [0.3, 0.4) is 0 Å². The third kappa shape index (κ3) is 19.5. The Bertz CT molecular complexity index is 926. The van der Waals surface area contributed by atoms with E-state index in [1.807, 2.05) is 19.1 Å². The summed E-state index contributed by atoms with van der Waals surface area (Å²) in [5, 5.41) is 11.9. The number of hydrogen-bond acceptors (Lipinski definition) is 7. The van der Waals surface area contributed by atoms with E-state index in [-0.39, 0.29) is 25.7 Å². The van der Waals surface area contributed by atoms with Gasteiger partial charge >= 0.3 is 5.97 Å². The monoisotopic (exact) mass is 574 g/mol. The van der Waals surface area contributed by atoms with Gasteiger partial charge in [0.1, 0.15) is 25.5 Å². The Hall–Kier alpha value is -3.23. The van der Waals surface area contributed by atoms with Crippen LogP contribution in [-0.4, -0.2) is 29.3 Å². The molecule has 0 saturated heterocycles. The second kappa shape index (κ2) is 23.5. The van der Waals surface area contributed by atoms with Crippen LogP contribution in [0, 0.1) is 16.0 Å². The lowest BCUT2D eigenvalue weighted by Crippen LogP contribution is -2.30. The van der Waals surface area contributed by atoms with Crippen LogP contribution in [0.25, 0.3) is 0 Å². The van der Waals surface area contributed by atoms with Gasteiger partial charge in [-0.15, -0.1) is 10.1 Å². The number of carbonyl (C=O) groups excluding carboxylic acids is 3. The number of nitrogens with zero attached hydrogens (tertiary/aromatic N) is 1. The molecule has 0 aromatic heterocycles. The van der Waals surface area contributed by atoms with E-state index in [2.05, 4.69) is 17.1 Å². The molecule has 0 aliphatic heterocycles. The van der Waals surface area contributed by atoms with Gasteiger partial charge in [-0.25, -0.2) is 0 Å². The first-order valence-electron chi connectivity index (χ1n) is 15.2. The SMILES string of the molecule is C/C=C\CCCC(=O)NCC(=O)OCc1ccccc1CO[N+](=O)[O-].CCCCCCCC(=O)CCC1CCCC1. The summed E-state index contributed by atoms with van der Waals surface area (Å²) in [6.07, 6.45) is 20.5. The Kier molecular flexibility index (Phi) is 20.5. The Labute approximate surface area is 245 Å². The summed E-state index contributed by atoms with van der Waals surface area (Å²) < 4.78 is 5.08. The van der Waals surface area contributed by atoms with Crippen molar-refractivity contribution in [2.75, 3.05) is 6.54 Å². The van der Waals surface area contributed by atoms with Crippen molar-refractivity contribution in [1.82, 2.24) is 5.32 Å². The molecule has 0 heterocycles. The first-order valence-corrected chi connectivity index (χ1v) is 15.2. The van der Waals surface area contributed by atoms with Crippen molar-refractivity contribution in [2.45, 2.75) is 123 Å². The predicted molar refractivity (Wildman–Crippen MR) is 159 cm³/mol. The number of amides is 1. The first kappa shape index (κ1) is 35.8. The predicted octanol–water partition coefficient (Wildman–Crippen LogP) is 7.19. The molecule has 1 aliphatic rings. The van der Waals surface area contributed by atoms with E-state index in [0.717, 1.165) is 38.0 Å². The zero-order valence-corrected chi connectivity index (χ0v) is 25.1. The van der Waals surface area contributed by atoms with Crippen molar-refractivity contribution in [3.05, 3.63) is 57.7 Å². The van der Waals surface area contributed by atoms with Gasteiger partial charge in [-0.1, -0.05) is 94.7 Å². The van der Waals surface area contributed by atoms with E-state index in [0.29, 0.717) is 23.3 Å². The summed E-state index contributed by atoms with van der Waals surface area (Å²) >= 11 is 0. The standard InChI is InChI=1S/C17H22N2O6.C15H28O/c1-2-3-4-5-10-16(20)18-11-17(21)24-12-14-8-6-7-9-15(14)13-25-19(22)23;1-2-3-4-5-6-11-15(16)13-12-14-9-7-8-10-14/h2-3,6-9H,4-5,10-13H2,1H3,(H,18,20);14H,2-13H2,1H3/b3-2-;. The number of rotatable bonds is 20. The molecule has 1 amide bonds. The molecule has 41 heavy (non-hydrogen) atoms. The average molecular weight is 575 g/mol. The molecular weight excluding hydrogens is 524 g/mol. The third-order valence-electron chi connectivity index (χ3n) is 7.14. The number of ether oxygens (including phenoxy) is 1. The van der Waals surface area contributed by atoms with Crippen molar-refractivity contribution in [2.24, 2.45) is 5.92 Å². The van der Waals surface area contributed by atoms with Crippen LogP contribution in [0.1, 0.15) is 121 Å². The fourth-order valence-corrected chi connectivity index (χ4v) is 4.69. The highest BCUT2D eigenvalue weighted by atomic mass is 16.9. The topological polar surface area (TPSA) is 125 Å². The highest BCUT2D eigenvalue weighted by Gasteiger charge is 2.16. The number of carbonyl (C=O) groups is 3. The van der Waals surface area contributed by atoms with Gasteiger partial charge < -0.3 is 14.9 Å². The minimum atomic E-state index is -0.880. The van der Waals surface area contributed by atoms with Gasteiger partial charge in [0.25, 0.3) is 5.09 Å². The van der Waals surface area contributed by atoms with Gasteiger partial charge in [-0.2, -0.15) is 0 Å². The number of Topliss-reactive ketones (excluding diaryl/α,β-unsaturated/α-hetero) is 1. The van der Waals surface area contributed by atoms with Gasteiger partial charge in [-0.05, 0) is 49.7 Å². The van der Waals surface area contributed by atoms with Crippen LogP contribution < -0.4 is 5.32 Å². The molecule has 1 aromatic rings. The highest BCUT2D eigenvalue weighted by molar-refractivity contribution is 5.81. The molecule has 230 valence electrons. The average Bonchev–Trinajstić information content (AvgIpc) is 3.49. The van der Waals surface area contributed by atoms with Gasteiger partial charge in [0.15, 0.2) is 0 Å². The molecule has 1 aliphatic carbocycles. The molecule has 0 unspecified atom stereocenters. The first-order chi connectivity index (χ1) is 19.8. The smallest absolute Gasteiger partial charge is 0.325 e. The van der Waals surface area contributed by atoms with Crippen molar-refractivity contribution in [3.63, 3.8) is 0 Å². The van der Waals surface area contributed by atoms with E-state index in [9.17, 15) is 24.5 Å². The highest BCUT2D eigenvalue weighted by Crippen LogP contribution is 2.28. The van der Waals surface area contributed by atoms with Gasteiger partial charge in [-0.3, -0.25) is 14.4 Å². The second-order valence-corrected chi connectivity index (χ2v) is 10.6. The van der Waals surface area contributed by atoms with Crippen LogP contribution in [0.2, 0.25) is 0 Å². The molecule has 9 nitrogen and oxygen atoms in total. The zero-order valence-electron chi connectivity index (χ0n) is 25.1. The number of unbranched alkanes of at least 4 members (excludes halogenated alkanes) is 5. The van der Waals surface area contributed by atoms with E-state index < -0.39 is 11.1 Å². The fourth-order valence-electron chi connectivity index (χ4n) is 4.69. The molecule has 0 bridgehead atoms. The Morgan fingerprint density at radius 1 is 0.976 bits per heavy atom. The van der Waals surface area contributed by atoms with Crippen LogP contribution in [0.4, 0.5) is 0 Å². The minimum Gasteiger partial charge on any atom is -0.459 e. The van der Waals surface area contributed by atoms with Gasteiger partial charge in [0.05, 0.1) is 0 Å². The summed E-state index contributed by atoms with van der Waals surface area (Å²) in [6, 6.07) is 6.77. The van der Waals surface area contributed by atoms with Crippen LogP contribution in [0.15, 0.2) is 36.4 Å².